The smallest absolute Gasteiger partial charge is 0.210 e. The molecular formula is C20H13BrN2O3. The Morgan fingerprint density at radius 2 is 1.92 bits per heavy atom. The largest absolute Gasteiger partial charge is 0.495 e. The van der Waals surface area contributed by atoms with Crippen LogP contribution in [0.2, 0.25) is 0 Å². The minimum absolute atomic E-state index is 0.225. The lowest BCUT2D eigenvalue weighted by molar-refractivity contribution is 0.0986. The highest BCUT2D eigenvalue weighted by molar-refractivity contribution is 9.10. The van der Waals surface area contributed by atoms with Crippen molar-refractivity contribution in [3.8, 4) is 5.75 Å². The quantitative estimate of drug-likeness (QED) is 0.696. The Hall–Kier alpha value is -2.99. The Morgan fingerprint density at radius 3 is 2.73 bits per heavy atom. The van der Waals surface area contributed by atoms with Gasteiger partial charge in [-0.1, -0.05) is 18.2 Å². The van der Waals surface area contributed by atoms with E-state index >= 15 is 0 Å². The first-order chi connectivity index (χ1) is 12.6. The van der Waals surface area contributed by atoms with Crippen LogP contribution in [0.1, 0.15) is 20.7 Å². The van der Waals surface area contributed by atoms with Crippen molar-refractivity contribution in [2.45, 2.75) is 0 Å². The number of pyridine rings is 1. The number of hydrogen-bond acceptors (Lipinski definition) is 5. The van der Waals surface area contributed by atoms with Crippen molar-refractivity contribution >= 4 is 44.1 Å². The van der Waals surface area contributed by atoms with Crippen LogP contribution < -0.4 is 10.1 Å². The number of Topliss-reactive ketones (excluding diaryl/α,β-unsaturated/α-hetero) is 1. The fourth-order valence-corrected chi connectivity index (χ4v) is 3.38. The van der Waals surface area contributed by atoms with E-state index in [4.69, 9.17) is 4.74 Å². The summed E-state index contributed by atoms with van der Waals surface area (Å²) in [6.07, 6.45) is 2.78. The maximum atomic E-state index is 13.1. The second-order valence-electron chi connectivity index (χ2n) is 5.79. The van der Waals surface area contributed by atoms with Crippen molar-refractivity contribution in [2.75, 3.05) is 12.4 Å². The zero-order chi connectivity index (χ0) is 18.3. The highest BCUT2D eigenvalue weighted by Gasteiger charge is 2.28. The number of hydrogen-bond donors (Lipinski definition) is 1. The number of benzene rings is 2. The fourth-order valence-electron chi connectivity index (χ4n) is 2.97. The predicted molar refractivity (Wildman–Crippen MR) is 103 cm³/mol. The van der Waals surface area contributed by atoms with E-state index in [-0.39, 0.29) is 17.3 Å². The molecule has 4 rings (SSSR count). The maximum absolute atomic E-state index is 13.1. The number of methoxy groups -OCH3 is 1. The number of rotatable bonds is 3. The van der Waals surface area contributed by atoms with Gasteiger partial charge in [-0.3, -0.25) is 14.6 Å². The fraction of sp³-hybridized carbons (Fsp3) is 0.0500. The first kappa shape index (κ1) is 16.5. The first-order valence-corrected chi connectivity index (χ1v) is 8.67. The van der Waals surface area contributed by atoms with E-state index in [1.807, 2.05) is 24.3 Å². The number of nitrogens with zero attached hydrogens (tertiary/aromatic N) is 1. The van der Waals surface area contributed by atoms with Gasteiger partial charge in [0.05, 0.1) is 28.4 Å². The van der Waals surface area contributed by atoms with Crippen molar-refractivity contribution in [3.05, 3.63) is 76.0 Å². The van der Waals surface area contributed by atoms with E-state index in [9.17, 15) is 9.59 Å². The number of aromatic nitrogens is 1. The van der Waals surface area contributed by atoms with Crippen LogP contribution in [-0.4, -0.2) is 23.7 Å². The number of para-hydroxylation sites is 1. The van der Waals surface area contributed by atoms with E-state index in [0.717, 1.165) is 4.47 Å². The molecule has 0 atom stereocenters. The van der Waals surface area contributed by atoms with Crippen LogP contribution in [0.15, 0.2) is 64.9 Å². The Morgan fingerprint density at radius 1 is 1.12 bits per heavy atom. The van der Waals surface area contributed by atoms with Gasteiger partial charge < -0.3 is 10.1 Å². The molecule has 0 unspecified atom stereocenters. The normalized spacial score (nSPS) is 13.4. The summed E-state index contributed by atoms with van der Waals surface area (Å²) in [5.74, 6) is 0.143. The molecule has 26 heavy (non-hydrogen) atoms. The average Bonchev–Trinajstić information content (AvgIpc) is 2.66. The second-order valence-corrected chi connectivity index (χ2v) is 6.64. The van der Waals surface area contributed by atoms with E-state index in [2.05, 4.69) is 26.2 Å². The first-order valence-electron chi connectivity index (χ1n) is 7.87. The van der Waals surface area contributed by atoms with Gasteiger partial charge in [0.1, 0.15) is 5.75 Å². The topological polar surface area (TPSA) is 68.3 Å². The third kappa shape index (κ3) is 2.68. The molecule has 0 aliphatic heterocycles. The van der Waals surface area contributed by atoms with E-state index in [0.29, 0.717) is 33.5 Å². The SMILES string of the molecule is COc1cc(NC2=CC(=O)c3cnc4ccccc4c3C2=O)ccc1Br. The number of anilines is 1. The standard InChI is InChI=1S/C20H13BrN2O3/c1-26-18-8-11(6-7-14(18)21)23-16-9-17(24)13-10-22-15-5-3-2-4-12(15)19(13)20(16)25/h2-10,23H,1H3. The van der Waals surface area contributed by atoms with Crippen LogP contribution in [0.5, 0.6) is 5.75 Å². The maximum Gasteiger partial charge on any atom is 0.210 e. The molecule has 5 nitrogen and oxygen atoms in total. The van der Waals surface area contributed by atoms with Gasteiger partial charge in [0.2, 0.25) is 5.78 Å². The van der Waals surface area contributed by atoms with E-state index in [1.165, 1.54) is 12.3 Å². The van der Waals surface area contributed by atoms with Crippen LogP contribution in [0.4, 0.5) is 5.69 Å². The molecule has 1 heterocycles. The van der Waals surface area contributed by atoms with E-state index in [1.54, 1.807) is 25.3 Å². The van der Waals surface area contributed by atoms with Gasteiger partial charge in [-0.2, -0.15) is 0 Å². The number of fused-ring (bicyclic) bond motifs is 3. The van der Waals surface area contributed by atoms with Crippen LogP contribution in [0.25, 0.3) is 10.9 Å². The minimum Gasteiger partial charge on any atom is -0.495 e. The zero-order valence-electron chi connectivity index (χ0n) is 13.7. The van der Waals surface area contributed by atoms with Crippen molar-refractivity contribution < 1.29 is 14.3 Å². The van der Waals surface area contributed by atoms with Crippen LogP contribution >= 0.6 is 15.9 Å². The molecule has 0 radical (unpaired) electrons. The summed E-state index contributed by atoms with van der Waals surface area (Å²) >= 11 is 3.39. The summed E-state index contributed by atoms with van der Waals surface area (Å²) < 4.78 is 6.07. The number of carbonyl (C=O) groups excluding carboxylic acids is 2. The molecule has 2 aromatic carbocycles. The molecule has 0 amide bonds. The second kappa shape index (κ2) is 6.38. The van der Waals surface area contributed by atoms with Gasteiger partial charge in [0.15, 0.2) is 5.78 Å². The minimum atomic E-state index is -0.246. The van der Waals surface area contributed by atoms with Crippen LogP contribution in [0.3, 0.4) is 0 Å². The third-order valence-electron chi connectivity index (χ3n) is 4.22. The number of allylic oxidation sites excluding steroid dienone is 2. The molecular weight excluding hydrogens is 396 g/mol. The molecule has 3 aromatic rings. The van der Waals surface area contributed by atoms with Gasteiger partial charge in [-0.05, 0) is 34.1 Å². The Kier molecular flexibility index (Phi) is 4.05. The monoisotopic (exact) mass is 408 g/mol. The average molecular weight is 409 g/mol. The number of halogens is 1. The molecule has 1 N–H and O–H groups in total. The predicted octanol–water partition coefficient (Wildman–Crippen LogP) is 4.38. The summed E-state index contributed by atoms with van der Waals surface area (Å²) in [7, 11) is 1.56. The zero-order valence-corrected chi connectivity index (χ0v) is 15.3. The number of nitrogens with one attached hydrogen (secondary N) is 1. The Labute approximate surface area is 157 Å². The van der Waals surface area contributed by atoms with Gasteiger partial charge in [0, 0.05) is 35.0 Å². The summed E-state index contributed by atoms with van der Waals surface area (Å²) in [6.45, 7) is 0. The van der Waals surface area contributed by atoms with Crippen molar-refractivity contribution in [2.24, 2.45) is 0 Å². The van der Waals surface area contributed by atoms with Crippen molar-refractivity contribution in [3.63, 3.8) is 0 Å². The van der Waals surface area contributed by atoms with Crippen LogP contribution in [0, 0.1) is 0 Å². The molecule has 1 aromatic heterocycles. The number of ketones is 2. The molecule has 6 heteroatoms. The Bertz CT molecular complexity index is 1110. The third-order valence-corrected chi connectivity index (χ3v) is 4.87. The lowest BCUT2D eigenvalue weighted by atomic mass is 9.90. The summed E-state index contributed by atoms with van der Waals surface area (Å²) in [4.78, 5) is 29.8. The molecule has 0 saturated carbocycles. The lowest BCUT2D eigenvalue weighted by Gasteiger charge is -2.18. The Balaban J connectivity index is 1.78. The number of ether oxygens (including phenoxy) is 1. The number of carbonyl (C=O) groups is 2. The van der Waals surface area contributed by atoms with Crippen molar-refractivity contribution in [1.29, 1.82) is 0 Å². The van der Waals surface area contributed by atoms with Crippen molar-refractivity contribution in [1.82, 2.24) is 4.98 Å². The lowest BCUT2D eigenvalue weighted by Crippen LogP contribution is -2.22. The van der Waals surface area contributed by atoms with Gasteiger partial charge >= 0.3 is 0 Å². The van der Waals surface area contributed by atoms with Gasteiger partial charge in [-0.15, -0.1) is 0 Å². The summed E-state index contributed by atoms with van der Waals surface area (Å²) in [6, 6.07) is 12.7. The van der Waals surface area contributed by atoms with Gasteiger partial charge in [0.25, 0.3) is 0 Å². The molecule has 1 aliphatic rings. The molecule has 1 aliphatic carbocycles. The molecule has 128 valence electrons. The molecule has 0 bridgehead atoms. The summed E-state index contributed by atoms with van der Waals surface area (Å²) in [5.41, 5.74) is 2.27. The highest BCUT2D eigenvalue weighted by Crippen LogP contribution is 2.31. The van der Waals surface area contributed by atoms with E-state index < -0.39 is 0 Å². The molecule has 0 saturated heterocycles. The molecule has 0 spiro atoms. The van der Waals surface area contributed by atoms with Crippen LogP contribution in [-0.2, 0) is 0 Å². The molecule has 0 fully saturated rings. The van der Waals surface area contributed by atoms with Gasteiger partial charge in [-0.25, -0.2) is 0 Å². The highest BCUT2D eigenvalue weighted by atomic mass is 79.9. The summed E-state index contributed by atoms with van der Waals surface area (Å²) in [5, 5.41) is 3.71.